The first-order valence-electron chi connectivity index (χ1n) is 9.49. The molecule has 1 amide bonds. The molecule has 164 valence electrons. The lowest BCUT2D eigenvalue weighted by atomic mass is 9.79. The summed E-state index contributed by atoms with van der Waals surface area (Å²) in [6.07, 6.45) is -2.85. The van der Waals surface area contributed by atoms with Crippen molar-refractivity contribution in [2.24, 2.45) is 5.41 Å². The van der Waals surface area contributed by atoms with Crippen LogP contribution in [0.2, 0.25) is 0 Å². The van der Waals surface area contributed by atoms with Crippen LogP contribution in [0.25, 0.3) is 0 Å². The Labute approximate surface area is 172 Å². The number of likely N-dealkylation sites (tertiary alicyclic amines) is 1. The van der Waals surface area contributed by atoms with Gasteiger partial charge in [-0.3, -0.25) is 9.69 Å². The van der Waals surface area contributed by atoms with E-state index in [2.05, 4.69) is 18.7 Å². The molecule has 2 saturated heterocycles. The molecule has 1 N–H and O–H groups in total. The third-order valence-electron chi connectivity index (χ3n) is 5.12. The van der Waals surface area contributed by atoms with Gasteiger partial charge in [0.2, 0.25) is 0 Å². The fourth-order valence-electron chi connectivity index (χ4n) is 3.65. The van der Waals surface area contributed by atoms with E-state index in [0.29, 0.717) is 6.04 Å². The number of aliphatic carboxylic acids is 1. The fraction of sp³-hybridized carbons (Fsp3) is 0.684. The van der Waals surface area contributed by atoms with Crippen LogP contribution < -0.4 is 0 Å². The lowest BCUT2D eigenvalue weighted by Gasteiger charge is -2.44. The number of alkyl halides is 3. The number of halogens is 3. The van der Waals surface area contributed by atoms with Gasteiger partial charge in [0.05, 0.1) is 18.1 Å². The average Bonchev–Trinajstić information content (AvgIpc) is 3.10. The van der Waals surface area contributed by atoms with Gasteiger partial charge in [-0.25, -0.2) is 4.79 Å². The highest BCUT2D eigenvalue weighted by Gasteiger charge is 2.41. The molecule has 1 aromatic rings. The van der Waals surface area contributed by atoms with E-state index in [9.17, 15) is 18.0 Å². The van der Waals surface area contributed by atoms with Gasteiger partial charge in [0.1, 0.15) is 0 Å². The van der Waals surface area contributed by atoms with Crippen LogP contribution in [-0.2, 0) is 9.53 Å². The van der Waals surface area contributed by atoms with Crippen molar-refractivity contribution in [2.75, 3.05) is 39.4 Å². The molecule has 3 rings (SSSR count). The third-order valence-corrected chi connectivity index (χ3v) is 5.98. The van der Waals surface area contributed by atoms with Crippen molar-refractivity contribution in [1.82, 2.24) is 9.80 Å². The zero-order valence-electron chi connectivity index (χ0n) is 16.6. The van der Waals surface area contributed by atoms with E-state index in [1.807, 2.05) is 22.4 Å². The summed E-state index contributed by atoms with van der Waals surface area (Å²) in [5.74, 6) is -2.57. The van der Waals surface area contributed by atoms with E-state index < -0.39 is 12.1 Å². The lowest BCUT2D eigenvalue weighted by Crippen LogP contribution is -2.52. The minimum absolute atomic E-state index is 0.103. The zero-order valence-corrected chi connectivity index (χ0v) is 17.4. The van der Waals surface area contributed by atoms with Crippen LogP contribution in [0.15, 0.2) is 17.5 Å². The highest BCUT2D eigenvalue weighted by Crippen LogP contribution is 2.34. The monoisotopic (exact) mass is 436 g/mol. The molecule has 0 bridgehead atoms. The van der Waals surface area contributed by atoms with Crippen LogP contribution in [0.1, 0.15) is 36.4 Å². The summed E-state index contributed by atoms with van der Waals surface area (Å²) < 4.78 is 37.6. The normalized spacial score (nSPS) is 23.4. The SMILES string of the molecule is CC(C)N1CCOCC2(CCCN(C(=O)c3cccs3)C2)C1.O=C(O)C(F)(F)F. The Kier molecular flexibility index (Phi) is 8.07. The van der Waals surface area contributed by atoms with E-state index in [1.165, 1.54) is 11.3 Å². The molecule has 1 spiro atoms. The molecule has 0 saturated carbocycles. The van der Waals surface area contributed by atoms with Crippen LogP contribution in [0.4, 0.5) is 13.2 Å². The van der Waals surface area contributed by atoms with Crippen LogP contribution in [0.5, 0.6) is 0 Å². The molecule has 29 heavy (non-hydrogen) atoms. The van der Waals surface area contributed by atoms with Crippen LogP contribution >= 0.6 is 11.3 Å². The number of hydrogen-bond acceptors (Lipinski definition) is 5. The second-order valence-electron chi connectivity index (χ2n) is 7.73. The van der Waals surface area contributed by atoms with Crippen LogP contribution in [0, 0.1) is 5.41 Å². The number of carbonyl (C=O) groups excluding carboxylic acids is 1. The summed E-state index contributed by atoms with van der Waals surface area (Å²) in [6, 6.07) is 4.41. The van der Waals surface area contributed by atoms with Gasteiger partial charge in [-0.1, -0.05) is 6.07 Å². The highest BCUT2D eigenvalue weighted by atomic mass is 32.1. The first-order valence-corrected chi connectivity index (χ1v) is 10.4. The maximum absolute atomic E-state index is 12.7. The van der Waals surface area contributed by atoms with Crippen molar-refractivity contribution in [3.63, 3.8) is 0 Å². The van der Waals surface area contributed by atoms with Crippen LogP contribution in [-0.4, -0.2) is 78.4 Å². The Balaban J connectivity index is 0.000000370. The maximum Gasteiger partial charge on any atom is 0.490 e. The standard InChI is InChI=1S/C17H26N2O2S.C2HF3O2/c1-14(2)18-8-9-21-13-17(11-18)6-4-7-19(12-17)16(20)15-5-3-10-22-15;3-2(4,5)1(6)7/h3,5,10,14H,4,6-9,11-13H2,1-2H3;(H,6,7). The number of carbonyl (C=O) groups is 2. The lowest BCUT2D eigenvalue weighted by molar-refractivity contribution is -0.192. The van der Waals surface area contributed by atoms with E-state index in [-0.39, 0.29) is 11.3 Å². The summed E-state index contributed by atoms with van der Waals surface area (Å²) in [5, 5.41) is 9.10. The fourth-order valence-corrected chi connectivity index (χ4v) is 4.34. The van der Waals surface area contributed by atoms with Gasteiger partial charge in [-0.15, -0.1) is 11.3 Å². The molecule has 1 atom stereocenters. The molecule has 1 unspecified atom stereocenters. The summed E-state index contributed by atoms with van der Waals surface area (Å²) in [7, 11) is 0. The maximum atomic E-state index is 12.7. The van der Waals surface area contributed by atoms with E-state index in [0.717, 1.165) is 57.1 Å². The Bertz CT molecular complexity index is 681. The second-order valence-corrected chi connectivity index (χ2v) is 8.67. The molecule has 2 aliphatic rings. The number of carboxylic acids is 1. The molecule has 1 aromatic heterocycles. The average molecular weight is 436 g/mol. The van der Waals surface area contributed by atoms with Gasteiger partial charge in [-0.05, 0) is 38.1 Å². The smallest absolute Gasteiger partial charge is 0.475 e. The number of thiophene rings is 1. The first kappa shape index (κ1) is 23.6. The van der Waals surface area contributed by atoms with Gasteiger partial charge in [0, 0.05) is 37.6 Å². The number of ether oxygens (including phenoxy) is 1. The van der Waals surface area contributed by atoms with Gasteiger partial charge < -0.3 is 14.7 Å². The molecule has 10 heteroatoms. The summed E-state index contributed by atoms with van der Waals surface area (Å²) in [5.41, 5.74) is 0.103. The molecule has 2 aliphatic heterocycles. The van der Waals surface area contributed by atoms with Gasteiger partial charge in [0.15, 0.2) is 0 Å². The highest BCUT2D eigenvalue weighted by molar-refractivity contribution is 7.12. The molecule has 0 aliphatic carbocycles. The van der Waals surface area contributed by atoms with Crippen LogP contribution in [0.3, 0.4) is 0 Å². The summed E-state index contributed by atoms with van der Waals surface area (Å²) in [4.78, 5) is 27.0. The zero-order chi connectivity index (χ0) is 21.7. The minimum Gasteiger partial charge on any atom is -0.475 e. The minimum atomic E-state index is -5.08. The van der Waals surface area contributed by atoms with E-state index >= 15 is 0 Å². The van der Waals surface area contributed by atoms with Crippen molar-refractivity contribution < 1.29 is 32.6 Å². The van der Waals surface area contributed by atoms with Crippen molar-refractivity contribution in [3.8, 4) is 0 Å². The van der Waals surface area contributed by atoms with Crippen molar-refractivity contribution >= 4 is 23.2 Å². The predicted molar refractivity (Wildman–Crippen MR) is 103 cm³/mol. The molecular weight excluding hydrogens is 409 g/mol. The number of amides is 1. The number of hydrogen-bond donors (Lipinski definition) is 1. The second kappa shape index (κ2) is 9.90. The Morgan fingerprint density at radius 2 is 1.97 bits per heavy atom. The van der Waals surface area contributed by atoms with E-state index in [4.69, 9.17) is 14.6 Å². The number of nitrogens with zero attached hydrogens (tertiary/aromatic N) is 2. The van der Waals surface area contributed by atoms with Crippen molar-refractivity contribution in [2.45, 2.75) is 38.9 Å². The number of rotatable bonds is 2. The van der Waals surface area contributed by atoms with Gasteiger partial charge in [0.25, 0.3) is 5.91 Å². The van der Waals surface area contributed by atoms with Gasteiger partial charge >= 0.3 is 12.1 Å². The molecule has 0 aromatic carbocycles. The Morgan fingerprint density at radius 1 is 1.28 bits per heavy atom. The molecule has 0 radical (unpaired) electrons. The van der Waals surface area contributed by atoms with Crippen molar-refractivity contribution in [1.29, 1.82) is 0 Å². The first-order chi connectivity index (χ1) is 13.5. The molecular formula is C19H27F3N2O4S. The largest absolute Gasteiger partial charge is 0.490 e. The van der Waals surface area contributed by atoms with Gasteiger partial charge in [-0.2, -0.15) is 13.2 Å². The Hall–Kier alpha value is -1.65. The third kappa shape index (κ3) is 6.68. The molecule has 2 fully saturated rings. The predicted octanol–water partition coefficient (Wildman–Crippen LogP) is 3.34. The number of carboxylic acid groups (broad SMARTS) is 1. The van der Waals surface area contributed by atoms with Crippen molar-refractivity contribution in [3.05, 3.63) is 22.4 Å². The molecule has 6 nitrogen and oxygen atoms in total. The Morgan fingerprint density at radius 3 is 2.52 bits per heavy atom. The molecule has 3 heterocycles. The van der Waals surface area contributed by atoms with E-state index in [1.54, 1.807) is 0 Å². The summed E-state index contributed by atoms with van der Waals surface area (Å²) in [6.45, 7) is 9.82. The number of piperidine rings is 1. The quantitative estimate of drug-likeness (QED) is 0.770. The topological polar surface area (TPSA) is 70.1 Å². The summed E-state index contributed by atoms with van der Waals surface area (Å²) >= 11 is 1.54.